The number of rotatable bonds is 5. The monoisotopic (exact) mass is 386 g/mol. The third-order valence-corrected chi connectivity index (χ3v) is 4.80. The molecule has 1 aliphatic rings. The number of nitrogens with two attached hydrogens (primary N) is 1. The number of nitrogens with one attached hydrogen (secondary N) is 1. The van der Waals surface area contributed by atoms with Crippen molar-refractivity contribution in [3.05, 3.63) is 60.4 Å². The molecule has 3 N–H and O–H groups in total. The van der Waals surface area contributed by atoms with Gasteiger partial charge in [0.25, 0.3) is 0 Å². The minimum Gasteiger partial charge on any atom is -0.364 e. The first kappa shape index (κ1) is 19.4. The maximum Gasteiger partial charge on any atom is 0.249 e. The van der Waals surface area contributed by atoms with Crippen molar-refractivity contribution in [1.82, 2.24) is 14.9 Å². The summed E-state index contributed by atoms with van der Waals surface area (Å²) < 4.78 is 7.68. The first-order valence-electron chi connectivity index (χ1n) is 8.89. The topological polar surface area (TPSA) is 82.2 Å². The van der Waals surface area contributed by atoms with Crippen LogP contribution in [0, 0.1) is 0 Å². The van der Waals surface area contributed by atoms with Gasteiger partial charge in [0.2, 0.25) is 5.91 Å². The van der Waals surface area contributed by atoms with Crippen LogP contribution >= 0.6 is 12.4 Å². The van der Waals surface area contributed by atoms with E-state index in [9.17, 15) is 4.79 Å². The Morgan fingerprint density at radius 3 is 2.70 bits per heavy atom. The molecule has 3 aromatic rings. The predicted octanol–water partition coefficient (Wildman–Crippen LogP) is 2.57. The van der Waals surface area contributed by atoms with Crippen molar-refractivity contribution in [3.8, 4) is 5.69 Å². The second-order valence-corrected chi connectivity index (χ2v) is 6.55. The average molecular weight is 387 g/mol. The molecule has 1 aromatic heterocycles. The van der Waals surface area contributed by atoms with E-state index in [0.29, 0.717) is 13.1 Å². The quantitative estimate of drug-likeness (QED) is 0.706. The van der Waals surface area contributed by atoms with E-state index < -0.39 is 0 Å². The molecule has 0 radical (unpaired) electrons. The molecule has 1 fully saturated rings. The van der Waals surface area contributed by atoms with Crippen molar-refractivity contribution in [2.45, 2.75) is 31.6 Å². The van der Waals surface area contributed by atoms with Crippen LogP contribution < -0.4 is 11.1 Å². The molecule has 27 heavy (non-hydrogen) atoms. The summed E-state index contributed by atoms with van der Waals surface area (Å²) in [7, 11) is 0. The van der Waals surface area contributed by atoms with Crippen LogP contribution in [-0.2, 0) is 16.1 Å². The van der Waals surface area contributed by atoms with Crippen molar-refractivity contribution in [2.24, 2.45) is 5.73 Å². The van der Waals surface area contributed by atoms with E-state index in [1.165, 1.54) is 0 Å². The average Bonchev–Trinajstić information content (AvgIpc) is 3.33. The minimum atomic E-state index is -0.375. The van der Waals surface area contributed by atoms with Crippen LogP contribution in [0.1, 0.15) is 18.4 Å². The fourth-order valence-corrected chi connectivity index (χ4v) is 3.31. The molecule has 2 atom stereocenters. The summed E-state index contributed by atoms with van der Waals surface area (Å²) >= 11 is 0. The second kappa shape index (κ2) is 8.52. The number of hydrogen-bond acceptors (Lipinski definition) is 4. The Morgan fingerprint density at radius 2 is 1.96 bits per heavy atom. The summed E-state index contributed by atoms with van der Waals surface area (Å²) in [4.78, 5) is 16.6. The third-order valence-electron chi connectivity index (χ3n) is 4.80. The Morgan fingerprint density at radius 1 is 1.19 bits per heavy atom. The Hall–Kier alpha value is -2.41. The van der Waals surface area contributed by atoms with E-state index in [4.69, 9.17) is 10.5 Å². The lowest BCUT2D eigenvalue weighted by Gasteiger charge is -2.13. The van der Waals surface area contributed by atoms with Crippen molar-refractivity contribution in [1.29, 1.82) is 0 Å². The Kier molecular flexibility index (Phi) is 6.11. The standard InChI is InChI=1S/C20H22N4O2.ClH/c21-11-16-9-10-19(26-16)20(25)22-12-14-5-7-15(8-6-14)24-13-23-17-3-1-2-4-18(17)24;/h1-8,13,16,19H,9-12,21H2,(H,22,25);1H/t16-,19+;/m1./s1. The number of carbonyl (C=O) groups excluding carboxylic acids is 1. The molecule has 0 unspecified atom stereocenters. The molecule has 7 heteroatoms. The molecule has 1 aliphatic heterocycles. The number of carbonyl (C=O) groups is 1. The molecule has 4 rings (SSSR count). The predicted molar refractivity (Wildman–Crippen MR) is 107 cm³/mol. The number of nitrogens with zero attached hydrogens (tertiary/aromatic N) is 2. The first-order valence-corrected chi connectivity index (χ1v) is 8.89. The van der Waals surface area contributed by atoms with E-state index >= 15 is 0 Å². The van der Waals surface area contributed by atoms with Crippen LogP contribution in [0.3, 0.4) is 0 Å². The van der Waals surface area contributed by atoms with E-state index in [-0.39, 0.29) is 30.5 Å². The zero-order valence-corrected chi connectivity index (χ0v) is 15.7. The number of imidazole rings is 1. The van der Waals surface area contributed by atoms with Crippen LogP contribution in [0.4, 0.5) is 0 Å². The van der Waals surface area contributed by atoms with Crippen LogP contribution in [0.2, 0.25) is 0 Å². The van der Waals surface area contributed by atoms with Gasteiger partial charge in [0.05, 0.1) is 17.1 Å². The zero-order valence-electron chi connectivity index (χ0n) is 14.9. The summed E-state index contributed by atoms with van der Waals surface area (Å²) in [5, 5.41) is 2.95. The van der Waals surface area contributed by atoms with E-state index in [1.54, 1.807) is 0 Å². The SMILES string of the molecule is Cl.NC[C@H]1CC[C@@H](C(=O)NCc2ccc(-n3cnc4ccccc43)cc2)O1. The fraction of sp³-hybridized carbons (Fsp3) is 0.300. The van der Waals surface area contributed by atoms with Crippen LogP contribution in [0.5, 0.6) is 0 Å². The molecule has 0 saturated carbocycles. The number of fused-ring (bicyclic) bond motifs is 1. The fourth-order valence-electron chi connectivity index (χ4n) is 3.31. The summed E-state index contributed by atoms with van der Waals surface area (Å²) in [5.41, 5.74) is 9.71. The molecule has 0 bridgehead atoms. The second-order valence-electron chi connectivity index (χ2n) is 6.55. The maximum absolute atomic E-state index is 12.2. The lowest BCUT2D eigenvalue weighted by Crippen LogP contribution is -2.35. The van der Waals surface area contributed by atoms with Crippen molar-refractivity contribution in [3.63, 3.8) is 0 Å². The number of benzene rings is 2. The van der Waals surface area contributed by atoms with Crippen molar-refractivity contribution < 1.29 is 9.53 Å². The number of hydrogen-bond donors (Lipinski definition) is 2. The van der Waals surface area contributed by atoms with Crippen molar-refractivity contribution >= 4 is 29.3 Å². The summed E-state index contributed by atoms with van der Waals surface area (Å²) in [6, 6.07) is 16.1. The molecule has 2 heterocycles. The molecule has 1 amide bonds. The van der Waals surface area contributed by atoms with Gasteiger partial charge in [-0.25, -0.2) is 4.98 Å². The van der Waals surface area contributed by atoms with E-state index in [0.717, 1.165) is 35.1 Å². The van der Waals surface area contributed by atoms with Gasteiger partial charge in [-0.15, -0.1) is 12.4 Å². The van der Waals surface area contributed by atoms with Gasteiger partial charge in [-0.1, -0.05) is 24.3 Å². The Balaban J connectivity index is 0.00000210. The number of amides is 1. The van der Waals surface area contributed by atoms with Gasteiger partial charge in [0.15, 0.2) is 0 Å². The zero-order chi connectivity index (χ0) is 17.9. The highest BCUT2D eigenvalue weighted by atomic mass is 35.5. The molecule has 142 valence electrons. The summed E-state index contributed by atoms with van der Waals surface area (Å²) in [6.45, 7) is 0.950. The molecular weight excluding hydrogens is 364 g/mol. The van der Waals surface area contributed by atoms with Gasteiger partial charge in [0, 0.05) is 18.8 Å². The van der Waals surface area contributed by atoms with Gasteiger partial charge in [-0.2, -0.15) is 0 Å². The summed E-state index contributed by atoms with van der Waals surface area (Å²) in [6.07, 6.45) is 3.05. The smallest absolute Gasteiger partial charge is 0.249 e. The van der Waals surface area contributed by atoms with Gasteiger partial charge in [-0.3, -0.25) is 9.36 Å². The summed E-state index contributed by atoms with van der Waals surface area (Å²) in [5.74, 6) is -0.0642. The number of ether oxygens (including phenoxy) is 1. The number of halogens is 1. The Labute approximate surface area is 164 Å². The van der Waals surface area contributed by atoms with Crippen molar-refractivity contribution in [2.75, 3.05) is 6.54 Å². The Bertz CT molecular complexity index is 910. The highest BCUT2D eigenvalue weighted by Crippen LogP contribution is 2.20. The molecular formula is C20H23ClN4O2. The highest BCUT2D eigenvalue weighted by Gasteiger charge is 2.29. The molecule has 0 aliphatic carbocycles. The van der Waals surface area contributed by atoms with Gasteiger partial charge >= 0.3 is 0 Å². The molecule has 2 aromatic carbocycles. The number of aromatic nitrogens is 2. The highest BCUT2D eigenvalue weighted by molar-refractivity contribution is 5.85. The van der Waals surface area contributed by atoms with Crippen LogP contribution in [0.25, 0.3) is 16.7 Å². The minimum absolute atomic E-state index is 0. The molecule has 6 nitrogen and oxygen atoms in total. The lowest BCUT2D eigenvalue weighted by molar-refractivity contribution is -0.132. The molecule has 0 spiro atoms. The van der Waals surface area contributed by atoms with E-state index in [1.807, 2.05) is 54.9 Å². The van der Waals surface area contributed by atoms with Crippen LogP contribution in [-0.4, -0.2) is 34.2 Å². The number of para-hydroxylation sites is 2. The maximum atomic E-state index is 12.2. The van der Waals surface area contributed by atoms with Gasteiger partial charge in [-0.05, 0) is 42.7 Å². The van der Waals surface area contributed by atoms with Gasteiger partial charge < -0.3 is 15.8 Å². The largest absolute Gasteiger partial charge is 0.364 e. The van der Waals surface area contributed by atoms with Crippen LogP contribution in [0.15, 0.2) is 54.9 Å². The third kappa shape index (κ3) is 4.13. The molecule has 1 saturated heterocycles. The van der Waals surface area contributed by atoms with E-state index in [2.05, 4.69) is 14.9 Å². The first-order chi connectivity index (χ1) is 12.7. The normalized spacial score (nSPS) is 19.0. The van der Waals surface area contributed by atoms with Gasteiger partial charge in [0.1, 0.15) is 12.4 Å². The lowest BCUT2D eigenvalue weighted by atomic mass is 10.1.